The van der Waals surface area contributed by atoms with E-state index in [0.29, 0.717) is 11.6 Å². The summed E-state index contributed by atoms with van der Waals surface area (Å²) < 4.78 is 0. The molecule has 4 aromatic rings. The van der Waals surface area contributed by atoms with Crippen LogP contribution in [0.5, 0.6) is 0 Å². The quantitative estimate of drug-likeness (QED) is 0.229. The van der Waals surface area contributed by atoms with Crippen molar-refractivity contribution in [1.29, 1.82) is 0 Å². The van der Waals surface area contributed by atoms with Gasteiger partial charge >= 0.3 is 0 Å². The third-order valence-corrected chi connectivity index (χ3v) is 6.91. The minimum Gasteiger partial charge on any atom is -0.302 e. The van der Waals surface area contributed by atoms with Gasteiger partial charge in [0.25, 0.3) is 0 Å². The Kier molecular flexibility index (Phi) is 7.18. The molecule has 31 heavy (non-hydrogen) atoms. The maximum Gasteiger partial charge on any atom is 0.226 e. The first-order valence-electron chi connectivity index (χ1n) is 10.3. The first-order valence-corrected chi connectivity index (χ1v) is 12.1. The molecule has 156 valence electrons. The monoisotopic (exact) mass is 444 g/mol. The fourth-order valence-corrected chi connectivity index (χ4v) is 5.05. The van der Waals surface area contributed by atoms with E-state index in [2.05, 4.69) is 60.8 Å². The van der Waals surface area contributed by atoms with Crippen LogP contribution >= 0.6 is 23.1 Å². The molecule has 0 aliphatic carbocycles. The van der Waals surface area contributed by atoms with Crippen LogP contribution in [0.15, 0.2) is 89.8 Å². The molecule has 0 saturated carbocycles. The number of aryl methyl sites for hydroxylation is 1. The van der Waals surface area contributed by atoms with Gasteiger partial charge in [0.2, 0.25) is 5.91 Å². The Morgan fingerprint density at radius 1 is 0.903 bits per heavy atom. The fraction of sp³-hybridized carbons (Fsp3) is 0.154. The molecule has 3 aromatic carbocycles. The average molecular weight is 445 g/mol. The van der Waals surface area contributed by atoms with Crippen molar-refractivity contribution in [1.82, 2.24) is 4.98 Å². The van der Waals surface area contributed by atoms with Crippen molar-refractivity contribution in [3.8, 4) is 21.7 Å². The molecule has 0 radical (unpaired) electrons. The maximum absolute atomic E-state index is 12.5. The average Bonchev–Trinajstić information content (AvgIpc) is 3.23. The summed E-state index contributed by atoms with van der Waals surface area (Å²) in [5, 5.41) is 3.65. The Bertz CT molecular complexity index is 1070. The van der Waals surface area contributed by atoms with Crippen LogP contribution in [0.2, 0.25) is 0 Å². The molecular weight excluding hydrogens is 420 g/mol. The molecule has 0 spiro atoms. The van der Waals surface area contributed by atoms with E-state index in [9.17, 15) is 4.79 Å². The number of carbonyl (C=O) groups excluding carboxylic acids is 1. The summed E-state index contributed by atoms with van der Waals surface area (Å²) >= 11 is 3.31. The van der Waals surface area contributed by atoms with E-state index in [0.717, 1.165) is 33.9 Å². The van der Waals surface area contributed by atoms with Gasteiger partial charge in [0.15, 0.2) is 5.13 Å². The van der Waals surface area contributed by atoms with E-state index in [-0.39, 0.29) is 5.91 Å². The van der Waals surface area contributed by atoms with E-state index in [1.807, 2.05) is 36.4 Å². The number of thioether (sulfide) groups is 1. The number of thiazole rings is 1. The normalized spacial score (nSPS) is 10.7. The number of nitrogens with zero attached hydrogens (tertiary/aromatic N) is 1. The molecule has 0 aliphatic rings. The first kappa shape index (κ1) is 21.3. The zero-order chi connectivity index (χ0) is 21.5. The Morgan fingerprint density at radius 3 is 2.23 bits per heavy atom. The minimum absolute atomic E-state index is 0.0116. The summed E-state index contributed by atoms with van der Waals surface area (Å²) in [5.41, 5.74) is 4.32. The highest BCUT2D eigenvalue weighted by atomic mass is 32.2. The van der Waals surface area contributed by atoms with Gasteiger partial charge in [0.05, 0.1) is 10.6 Å². The highest BCUT2D eigenvalue weighted by molar-refractivity contribution is 7.99. The van der Waals surface area contributed by atoms with Crippen molar-refractivity contribution < 1.29 is 4.79 Å². The zero-order valence-electron chi connectivity index (χ0n) is 17.4. The summed E-state index contributed by atoms with van der Waals surface area (Å²) in [6.07, 6.45) is 1.31. The van der Waals surface area contributed by atoms with Crippen molar-refractivity contribution in [2.45, 2.75) is 24.7 Å². The predicted octanol–water partition coefficient (Wildman–Crippen LogP) is 7.30. The van der Waals surface area contributed by atoms with E-state index in [1.54, 1.807) is 11.8 Å². The SMILES string of the molecule is Cc1ccc(SCCCC(=O)Nc2nc(-c3ccccc3)c(-c3ccccc3)s2)cc1. The molecule has 0 fully saturated rings. The summed E-state index contributed by atoms with van der Waals surface area (Å²) in [4.78, 5) is 19.6. The lowest BCUT2D eigenvalue weighted by Crippen LogP contribution is -2.11. The predicted molar refractivity (Wildman–Crippen MR) is 133 cm³/mol. The van der Waals surface area contributed by atoms with Crippen molar-refractivity contribution in [3.05, 3.63) is 90.5 Å². The molecule has 3 nitrogen and oxygen atoms in total. The topological polar surface area (TPSA) is 42.0 Å². The number of anilines is 1. The molecule has 0 atom stereocenters. The third-order valence-electron chi connectivity index (χ3n) is 4.79. The van der Waals surface area contributed by atoms with Gasteiger partial charge in [-0.25, -0.2) is 4.98 Å². The van der Waals surface area contributed by atoms with Gasteiger partial charge in [-0.15, -0.1) is 11.8 Å². The molecule has 1 heterocycles. The van der Waals surface area contributed by atoms with E-state index in [1.165, 1.54) is 21.8 Å². The summed E-state index contributed by atoms with van der Waals surface area (Å²) in [6.45, 7) is 2.09. The summed E-state index contributed by atoms with van der Waals surface area (Å²) in [5.74, 6) is 0.927. The highest BCUT2D eigenvalue weighted by Gasteiger charge is 2.16. The third kappa shape index (κ3) is 5.84. The molecule has 5 heteroatoms. The van der Waals surface area contributed by atoms with Gasteiger partial charge in [-0.2, -0.15) is 0 Å². The lowest BCUT2D eigenvalue weighted by Gasteiger charge is -2.03. The molecular formula is C26H24N2OS2. The van der Waals surface area contributed by atoms with Crippen LogP contribution in [0.1, 0.15) is 18.4 Å². The number of aromatic nitrogens is 1. The summed E-state index contributed by atoms with van der Waals surface area (Å²) in [6, 6.07) is 28.8. The van der Waals surface area contributed by atoms with E-state index >= 15 is 0 Å². The number of hydrogen-bond donors (Lipinski definition) is 1. The number of hydrogen-bond acceptors (Lipinski definition) is 4. The number of benzene rings is 3. The molecule has 0 saturated heterocycles. The largest absolute Gasteiger partial charge is 0.302 e. The highest BCUT2D eigenvalue weighted by Crippen LogP contribution is 2.38. The number of nitrogens with one attached hydrogen (secondary N) is 1. The van der Waals surface area contributed by atoms with Gasteiger partial charge in [0.1, 0.15) is 0 Å². The Morgan fingerprint density at radius 2 is 1.55 bits per heavy atom. The molecule has 1 N–H and O–H groups in total. The van der Waals surface area contributed by atoms with Crippen LogP contribution in [-0.4, -0.2) is 16.6 Å². The van der Waals surface area contributed by atoms with Gasteiger partial charge in [0, 0.05) is 16.9 Å². The van der Waals surface area contributed by atoms with Crippen LogP contribution in [0.4, 0.5) is 5.13 Å². The smallest absolute Gasteiger partial charge is 0.226 e. The standard InChI is InChI=1S/C26H24N2OS2/c1-19-14-16-22(17-15-19)30-18-8-13-23(29)27-26-28-24(20-9-4-2-5-10-20)25(31-26)21-11-6-3-7-12-21/h2-7,9-12,14-17H,8,13,18H2,1H3,(H,27,28,29). The molecule has 1 amide bonds. The zero-order valence-corrected chi connectivity index (χ0v) is 19.0. The number of carbonyl (C=O) groups is 1. The van der Waals surface area contributed by atoms with Gasteiger partial charge in [-0.3, -0.25) is 4.79 Å². The van der Waals surface area contributed by atoms with Gasteiger partial charge in [-0.1, -0.05) is 89.7 Å². The molecule has 4 rings (SSSR count). The minimum atomic E-state index is 0.0116. The number of amides is 1. The maximum atomic E-state index is 12.5. The van der Waals surface area contributed by atoms with Gasteiger partial charge in [-0.05, 0) is 36.8 Å². The Labute approximate surface area is 191 Å². The Balaban J connectivity index is 1.40. The second-order valence-electron chi connectivity index (χ2n) is 7.24. The lowest BCUT2D eigenvalue weighted by atomic mass is 10.1. The van der Waals surface area contributed by atoms with Crippen LogP contribution in [0.25, 0.3) is 21.7 Å². The van der Waals surface area contributed by atoms with E-state index in [4.69, 9.17) is 4.98 Å². The molecule has 1 aromatic heterocycles. The Hall–Kier alpha value is -2.89. The fourth-order valence-electron chi connectivity index (χ4n) is 3.19. The summed E-state index contributed by atoms with van der Waals surface area (Å²) in [7, 11) is 0. The first-order chi connectivity index (χ1) is 15.2. The van der Waals surface area contributed by atoms with Crippen LogP contribution < -0.4 is 5.32 Å². The van der Waals surface area contributed by atoms with Crippen molar-refractivity contribution in [2.75, 3.05) is 11.1 Å². The lowest BCUT2D eigenvalue weighted by molar-refractivity contribution is -0.116. The van der Waals surface area contributed by atoms with Crippen LogP contribution in [0.3, 0.4) is 0 Å². The molecule has 0 unspecified atom stereocenters. The van der Waals surface area contributed by atoms with Crippen LogP contribution in [0, 0.1) is 6.92 Å². The second kappa shape index (κ2) is 10.4. The van der Waals surface area contributed by atoms with Gasteiger partial charge < -0.3 is 5.32 Å². The second-order valence-corrected chi connectivity index (χ2v) is 9.41. The van der Waals surface area contributed by atoms with Crippen molar-refractivity contribution >= 4 is 34.1 Å². The van der Waals surface area contributed by atoms with Crippen molar-refractivity contribution in [2.24, 2.45) is 0 Å². The van der Waals surface area contributed by atoms with Crippen LogP contribution in [-0.2, 0) is 4.79 Å². The number of rotatable bonds is 8. The van der Waals surface area contributed by atoms with Crippen molar-refractivity contribution in [3.63, 3.8) is 0 Å². The molecule has 0 aliphatic heterocycles. The molecule has 0 bridgehead atoms. The van der Waals surface area contributed by atoms with E-state index < -0.39 is 0 Å².